The summed E-state index contributed by atoms with van der Waals surface area (Å²) in [4.78, 5) is 12.5. The lowest BCUT2D eigenvalue weighted by molar-refractivity contribution is 0.0951. The SMILES string of the molecule is COc1ccc(C(=O)NC2CC2)cc1CN(C)S(=O)(=O)c1ccccc1. The summed E-state index contributed by atoms with van der Waals surface area (Å²) in [6.07, 6.45) is 2.01. The molecule has 0 heterocycles. The van der Waals surface area contributed by atoms with Crippen LogP contribution < -0.4 is 10.1 Å². The van der Waals surface area contributed by atoms with Crippen molar-refractivity contribution in [3.05, 3.63) is 59.7 Å². The molecule has 0 aromatic heterocycles. The lowest BCUT2D eigenvalue weighted by Gasteiger charge is -2.19. The molecule has 0 spiro atoms. The number of nitrogens with zero attached hydrogens (tertiary/aromatic N) is 1. The van der Waals surface area contributed by atoms with Crippen LogP contribution in [0, 0.1) is 0 Å². The zero-order valence-corrected chi connectivity index (χ0v) is 15.6. The molecule has 138 valence electrons. The molecule has 1 N–H and O–H groups in total. The van der Waals surface area contributed by atoms with Gasteiger partial charge in [0.25, 0.3) is 5.91 Å². The van der Waals surface area contributed by atoms with E-state index >= 15 is 0 Å². The Bertz CT molecular complexity index is 893. The third-order valence-electron chi connectivity index (χ3n) is 4.30. The molecule has 0 bridgehead atoms. The topological polar surface area (TPSA) is 75.7 Å². The Hall–Kier alpha value is -2.38. The van der Waals surface area contributed by atoms with Gasteiger partial charge >= 0.3 is 0 Å². The monoisotopic (exact) mass is 374 g/mol. The second-order valence-corrected chi connectivity index (χ2v) is 8.39. The average Bonchev–Trinajstić information content (AvgIpc) is 3.46. The lowest BCUT2D eigenvalue weighted by Crippen LogP contribution is -2.28. The van der Waals surface area contributed by atoms with Gasteiger partial charge < -0.3 is 10.1 Å². The van der Waals surface area contributed by atoms with Crippen LogP contribution in [0.1, 0.15) is 28.8 Å². The van der Waals surface area contributed by atoms with Gasteiger partial charge in [-0.05, 0) is 43.2 Å². The van der Waals surface area contributed by atoms with E-state index in [4.69, 9.17) is 4.74 Å². The van der Waals surface area contributed by atoms with Crippen LogP contribution in [-0.2, 0) is 16.6 Å². The van der Waals surface area contributed by atoms with Crippen molar-refractivity contribution in [3.63, 3.8) is 0 Å². The zero-order chi connectivity index (χ0) is 18.7. The molecule has 0 radical (unpaired) electrons. The minimum absolute atomic E-state index is 0.102. The number of hydrogen-bond donors (Lipinski definition) is 1. The number of amides is 1. The van der Waals surface area contributed by atoms with E-state index in [1.807, 2.05) is 0 Å². The zero-order valence-electron chi connectivity index (χ0n) is 14.8. The number of carbonyl (C=O) groups is 1. The van der Waals surface area contributed by atoms with Crippen molar-refractivity contribution in [2.45, 2.75) is 30.3 Å². The van der Waals surface area contributed by atoms with E-state index in [0.29, 0.717) is 16.9 Å². The predicted octanol–water partition coefficient (Wildman–Crippen LogP) is 2.41. The summed E-state index contributed by atoms with van der Waals surface area (Å²) in [6, 6.07) is 13.6. The average molecular weight is 374 g/mol. The van der Waals surface area contributed by atoms with Crippen LogP contribution in [0.2, 0.25) is 0 Å². The van der Waals surface area contributed by atoms with Crippen molar-refractivity contribution < 1.29 is 17.9 Å². The molecule has 3 rings (SSSR count). The molecule has 2 aromatic carbocycles. The maximum atomic E-state index is 12.7. The standard InChI is InChI=1S/C19H22N2O4S/c1-21(26(23,24)17-6-4-3-5-7-17)13-15-12-14(8-11-18(15)25-2)19(22)20-16-9-10-16/h3-8,11-12,16H,9-10,13H2,1-2H3,(H,20,22). The summed E-state index contributed by atoms with van der Waals surface area (Å²) in [5.74, 6) is 0.396. The normalized spacial score (nSPS) is 14.3. The third-order valence-corrected chi connectivity index (χ3v) is 6.12. The molecule has 0 saturated heterocycles. The van der Waals surface area contributed by atoms with Crippen molar-refractivity contribution in [2.75, 3.05) is 14.2 Å². The molecule has 26 heavy (non-hydrogen) atoms. The first-order valence-corrected chi connectivity index (χ1v) is 9.85. The summed E-state index contributed by atoms with van der Waals surface area (Å²) in [5, 5.41) is 2.93. The Kier molecular flexibility index (Phi) is 5.29. The third kappa shape index (κ3) is 4.05. The number of nitrogens with one attached hydrogen (secondary N) is 1. The number of sulfonamides is 1. The second-order valence-electron chi connectivity index (χ2n) is 6.35. The summed E-state index contributed by atoms with van der Waals surface area (Å²) < 4.78 is 32.0. The van der Waals surface area contributed by atoms with Crippen LogP contribution in [0.3, 0.4) is 0 Å². The molecule has 1 saturated carbocycles. The first-order valence-electron chi connectivity index (χ1n) is 8.41. The first-order chi connectivity index (χ1) is 12.4. The van der Waals surface area contributed by atoms with Crippen molar-refractivity contribution in [1.82, 2.24) is 9.62 Å². The molecule has 7 heteroatoms. The van der Waals surface area contributed by atoms with Gasteiger partial charge in [-0.3, -0.25) is 4.79 Å². The van der Waals surface area contributed by atoms with E-state index in [2.05, 4.69) is 5.32 Å². The number of carbonyl (C=O) groups excluding carboxylic acids is 1. The van der Waals surface area contributed by atoms with Crippen molar-refractivity contribution in [3.8, 4) is 5.75 Å². The number of hydrogen-bond acceptors (Lipinski definition) is 4. The molecule has 0 unspecified atom stereocenters. The molecule has 1 amide bonds. The Morgan fingerprint density at radius 2 is 1.88 bits per heavy atom. The highest BCUT2D eigenvalue weighted by molar-refractivity contribution is 7.89. The molecular formula is C19H22N2O4S. The number of rotatable bonds is 7. The number of methoxy groups -OCH3 is 1. The van der Waals surface area contributed by atoms with E-state index in [-0.39, 0.29) is 23.4 Å². The molecular weight excluding hydrogens is 352 g/mol. The number of benzene rings is 2. The Balaban J connectivity index is 1.84. The molecule has 1 aliphatic carbocycles. The van der Waals surface area contributed by atoms with Gasteiger partial charge in [-0.1, -0.05) is 18.2 Å². The minimum Gasteiger partial charge on any atom is -0.496 e. The van der Waals surface area contributed by atoms with Crippen molar-refractivity contribution >= 4 is 15.9 Å². The van der Waals surface area contributed by atoms with Gasteiger partial charge in [-0.2, -0.15) is 4.31 Å². The molecule has 1 aliphatic rings. The second kappa shape index (κ2) is 7.47. The van der Waals surface area contributed by atoms with Crippen molar-refractivity contribution in [2.24, 2.45) is 0 Å². The van der Waals surface area contributed by atoms with Gasteiger partial charge in [0, 0.05) is 30.8 Å². The van der Waals surface area contributed by atoms with Crippen LogP contribution in [-0.4, -0.2) is 38.8 Å². The van der Waals surface area contributed by atoms with Crippen molar-refractivity contribution in [1.29, 1.82) is 0 Å². The highest BCUT2D eigenvalue weighted by atomic mass is 32.2. The summed E-state index contributed by atoms with van der Waals surface area (Å²) in [5.41, 5.74) is 1.14. The smallest absolute Gasteiger partial charge is 0.251 e. The van der Waals surface area contributed by atoms with Crippen LogP contribution in [0.5, 0.6) is 5.75 Å². The fraction of sp³-hybridized carbons (Fsp3) is 0.316. The van der Waals surface area contributed by atoms with E-state index < -0.39 is 10.0 Å². The van der Waals surface area contributed by atoms with E-state index in [1.54, 1.807) is 48.5 Å². The summed E-state index contributed by atoms with van der Waals surface area (Å²) in [6.45, 7) is 0.102. The maximum absolute atomic E-state index is 12.7. The van der Waals surface area contributed by atoms with Gasteiger partial charge in [0.05, 0.1) is 12.0 Å². The Morgan fingerprint density at radius 1 is 1.19 bits per heavy atom. The maximum Gasteiger partial charge on any atom is 0.251 e. The van der Waals surface area contributed by atoms with Gasteiger partial charge in [0.1, 0.15) is 5.75 Å². The van der Waals surface area contributed by atoms with E-state index in [1.165, 1.54) is 18.5 Å². The highest BCUT2D eigenvalue weighted by Gasteiger charge is 2.25. The quantitative estimate of drug-likeness (QED) is 0.807. The van der Waals surface area contributed by atoms with E-state index in [0.717, 1.165) is 12.8 Å². The predicted molar refractivity (Wildman–Crippen MR) is 98.6 cm³/mol. The van der Waals surface area contributed by atoms with Crippen LogP contribution in [0.25, 0.3) is 0 Å². The molecule has 0 aliphatic heterocycles. The van der Waals surface area contributed by atoms with Gasteiger partial charge in [-0.15, -0.1) is 0 Å². The molecule has 0 atom stereocenters. The van der Waals surface area contributed by atoms with Gasteiger partial charge in [-0.25, -0.2) is 8.42 Å². The summed E-state index contributed by atoms with van der Waals surface area (Å²) in [7, 11) is -0.592. The van der Waals surface area contributed by atoms with Gasteiger partial charge in [0.2, 0.25) is 10.0 Å². The fourth-order valence-electron chi connectivity index (χ4n) is 2.64. The first kappa shape index (κ1) is 18.4. The largest absolute Gasteiger partial charge is 0.496 e. The molecule has 2 aromatic rings. The Morgan fingerprint density at radius 3 is 2.50 bits per heavy atom. The van der Waals surface area contributed by atoms with E-state index in [9.17, 15) is 13.2 Å². The van der Waals surface area contributed by atoms with Crippen LogP contribution >= 0.6 is 0 Å². The molecule has 6 nitrogen and oxygen atoms in total. The minimum atomic E-state index is -3.63. The van der Waals surface area contributed by atoms with Gasteiger partial charge in [0.15, 0.2) is 0 Å². The summed E-state index contributed by atoms with van der Waals surface area (Å²) >= 11 is 0. The highest BCUT2D eigenvalue weighted by Crippen LogP contribution is 2.25. The number of ether oxygens (including phenoxy) is 1. The Labute approximate surface area is 153 Å². The fourth-order valence-corrected chi connectivity index (χ4v) is 3.81. The molecule has 1 fully saturated rings. The van der Waals surface area contributed by atoms with Crippen LogP contribution in [0.4, 0.5) is 0 Å². The lowest BCUT2D eigenvalue weighted by atomic mass is 10.1. The van der Waals surface area contributed by atoms with Crippen LogP contribution in [0.15, 0.2) is 53.4 Å².